The Bertz CT molecular complexity index is 1290. The first kappa shape index (κ1) is 24.6. The summed E-state index contributed by atoms with van der Waals surface area (Å²) in [5.41, 5.74) is 5.99. The molecule has 0 bridgehead atoms. The summed E-state index contributed by atoms with van der Waals surface area (Å²) in [7, 11) is 0. The minimum atomic E-state index is -0.563. The third-order valence-electron chi connectivity index (χ3n) is 9.66. The van der Waals surface area contributed by atoms with E-state index in [1.807, 2.05) is 6.07 Å². The third-order valence-corrected chi connectivity index (χ3v) is 9.66. The molecule has 4 fully saturated rings. The molecule has 0 aromatic heterocycles. The molecule has 1 atom stereocenters. The molecule has 2 aromatic rings. The van der Waals surface area contributed by atoms with E-state index in [-0.39, 0.29) is 24.1 Å². The van der Waals surface area contributed by atoms with Gasteiger partial charge >= 0.3 is 0 Å². The molecular weight excluding hydrogens is 490 g/mol. The van der Waals surface area contributed by atoms with Gasteiger partial charge in [0, 0.05) is 68.0 Å². The lowest BCUT2D eigenvalue weighted by molar-refractivity contribution is -0.136. The smallest absolute Gasteiger partial charge is 0.255 e. The van der Waals surface area contributed by atoms with Crippen LogP contribution in [-0.2, 0) is 22.7 Å². The number of rotatable bonds is 5. The SMILES string of the molecule is O=C1CCC(N2Cc3cc(N4CC5(CCN(Cc6ccc(N7CCCC7)cc6)CC5)C4)ccc3C2=O)C(=O)N1. The van der Waals surface area contributed by atoms with Crippen LogP contribution < -0.4 is 15.1 Å². The first-order chi connectivity index (χ1) is 19.0. The van der Waals surface area contributed by atoms with Gasteiger partial charge in [0.2, 0.25) is 11.8 Å². The van der Waals surface area contributed by atoms with Crippen molar-refractivity contribution in [2.24, 2.45) is 5.41 Å². The molecule has 39 heavy (non-hydrogen) atoms. The lowest BCUT2D eigenvalue weighted by Crippen LogP contribution is -2.60. The molecule has 3 amide bonds. The van der Waals surface area contributed by atoms with E-state index < -0.39 is 6.04 Å². The number of likely N-dealkylation sites (tertiary alicyclic amines) is 1. The highest BCUT2D eigenvalue weighted by Crippen LogP contribution is 2.43. The van der Waals surface area contributed by atoms with Gasteiger partial charge in [-0.1, -0.05) is 12.1 Å². The van der Waals surface area contributed by atoms with E-state index in [1.54, 1.807) is 4.90 Å². The zero-order chi connectivity index (χ0) is 26.6. The fraction of sp³-hybridized carbons (Fsp3) is 0.516. The monoisotopic (exact) mass is 527 g/mol. The standard InChI is InChI=1S/C31H37N5O3/c37-28-10-9-27(29(38)32-28)36-19-23-17-25(7-8-26(23)30(36)39)35-20-31(21-35)11-15-33(16-12-31)18-22-3-5-24(6-4-22)34-13-1-2-14-34/h3-8,17,27H,1-2,9-16,18-21H2,(H,32,37,38). The summed E-state index contributed by atoms with van der Waals surface area (Å²) in [5, 5.41) is 2.38. The maximum Gasteiger partial charge on any atom is 0.255 e. The Morgan fingerprint density at radius 1 is 0.846 bits per heavy atom. The van der Waals surface area contributed by atoms with Crippen molar-refractivity contribution in [1.82, 2.24) is 15.1 Å². The molecule has 5 aliphatic heterocycles. The van der Waals surface area contributed by atoms with Crippen LogP contribution in [0.2, 0.25) is 0 Å². The summed E-state index contributed by atoms with van der Waals surface area (Å²) in [6.45, 7) is 8.25. The van der Waals surface area contributed by atoms with Gasteiger partial charge in [-0.05, 0) is 86.7 Å². The number of carbonyl (C=O) groups excluding carboxylic acids is 3. The highest BCUT2D eigenvalue weighted by Gasteiger charge is 2.45. The van der Waals surface area contributed by atoms with Crippen molar-refractivity contribution in [3.63, 3.8) is 0 Å². The van der Waals surface area contributed by atoms with Crippen LogP contribution in [0.3, 0.4) is 0 Å². The first-order valence-electron chi connectivity index (χ1n) is 14.6. The molecule has 8 nitrogen and oxygen atoms in total. The van der Waals surface area contributed by atoms with Crippen LogP contribution in [0.4, 0.5) is 11.4 Å². The van der Waals surface area contributed by atoms with E-state index in [0.29, 0.717) is 23.9 Å². The number of carbonyl (C=O) groups is 3. The number of amides is 3. The van der Waals surface area contributed by atoms with Gasteiger partial charge in [0.15, 0.2) is 0 Å². The largest absolute Gasteiger partial charge is 0.372 e. The Balaban J connectivity index is 0.924. The molecule has 1 unspecified atom stereocenters. The molecule has 1 N–H and O–H groups in total. The number of piperidine rings is 2. The Labute approximate surface area is 229 Å². The lowest BCUT2D eigenvalue weighted by atomic mass is 9.71. The Hall–Kier alpha value is -3.39. The summed E-state index contributed by atoms with van der Waals surface area (Å²) < 4.78 is 0. The molecule has 1 spiro atoms. The van der Waals surface area contributed by atoms with Crippen LogP contribution in [0.1, 0.15) is 60.0 Å². The molecule has 4 saturated heterocycles. The number of nitrogens with one attached hydrogen (secondary N) is 1. The van der Waals surface area contributed by atoms with Crippen LogP contribution in [0.25, 0.3) is 0 Å². The van der Waals surface area contributed by atoms with Crippen molar-refractivity contribution >= 4 is 29.1 Å². The number of fused-ring (bicyclic) bond motifs is 1. The number of imide groups is 1. The lowest BCUT2D eigenvalue weighted by Gasteiger charge is -2.55. The maximum absolute atomic E-state index is 13.0. The zero-order valence-corrected chi connectivity index (χ0v) is 22.5. The number of nitrogens with zero attached hydrogens (tertiary/aromatic N) is 4. The van der Waals surface area contributed by atoms with E-state index in [2.05, 4.69) is 56.4 Å². The van der Waals surface area contributed by atoms with Crippen molar-refractivity contribution in [1.29, 1.82) is 0 Å². The van der Waals surface area contributed by atoms with E-state index in [1.165, 1.54) is 50.0 Å². The molecule has 8 heteroatoms. The summed E-state index contributed by atoms with van der Waals surface area (Å²) in [6, 6.07) is 14.7. The van der Waals surface area contributed by atoms with Crippen LogP contribution in [0.5, 0.6) is 0 Å². The molecule has 7 rings (SSSR count). The molecule has 2 aromatic carbocycles. The fourth-order valence-corrected chi connectivity index (χ4v) is 7.25. The molecular formula is C31H37N5O3. The van der Waals surface area contributed by atoms with Crippen molar-refractivity contribution < 1.29 is 14.4 Å². The summed E-state index contributed by atoms with van der Waals surface area (Å²) >= 11 is 0. The second-order valence-electron chi connectivity index (χ2n) is 12.2. The van der Waals surface area contributed by atoms with Gasteiger partial charge < -0.3 is 14.7 Å². The quantitative estimate of drug-likeness (QED) is 0.603. The predicted molar refractivity (Wildman–Crippen MR) is 150 cm³/mol. The predicted octanol–water partition coefficient (Wildman–Crippen LogP) is 3.15. The molecule has 204 valence electrons. The average Bonchev–Trinajstić information content (AvgIpc) is 3.57. The molecule has 5 aliphatic rings. The van der Waals surface area contributed by atoms with Gasteiger partial charge in [0.1, 0.15) is 6.04 Å². The second kappa shape index (κ2) is 9.66. The second-order valence-corrected chi connectivity index (χ2v) is 12.2. The Morgan fingerprint density at radius 2 is 1.56 bits per heavy atom. The highest BCUT2D eigenvalue weighted by molar-refractivity contribution is 6.05. The number of benzene rings is 2. The molecule has 0 saturated carbocycles. The van der Waals surface area contributed by atoms with E-state index in [4.69, 9.17) is 0 Å². The van der Waals surface area contributed by atoms with Gasteiger partial charge in [0.05, 0.1) is 0 Å². The summed E-state index contributed by atoms with van der Waals surface area (Å²) in [4.78, 5) is 46.0. The molecule has 0 radical (unpaired) electrons. The van der Waals surface area contributed by atoms with Gasteiger partial charge in [-0.15, -0.1) is 0 Å². The number of hydrogen-bond donors (Lipinski definition) is 1. The fourth-order valence-electron chi connectivity index (χ4n) is 7.25. The molecule has 0 aliphatic carbocycles. The van der Waals surface area contributed by atoms with E-state index in [0.717, 1.165) is 44.0 Å². The van der Waals surface area contributed by atoms with Gasteiger partial charge in [-0.25, -0.2) is 0 Å². The zero-order valence-electron chi connectivity index (χ0n) is 22.5. The molecule has 5 heterocycles. The first-order valence-corrected chi connectivity index (χ1v) is 14.6. The van der Waals surface area contributed by atoms with Crippen molar-refractivity contribution in [3.8, 4) is 0 Å². The summed E-state index contributed by atoms with van der Waals surface area (Å²) in [6.07, 6.45) is 5.74. The van der Waals surface area contributed by atoms with E-state index in [9.17, 15) is 14.4 Å². The average molecular weight is 528 g/mol. The Kier molecular flexibility index (Phi) is 6.10. The van der Waals surface area contributed by atoms with Gasteiger partial charge in [-0.3, -0.25) is 24.6 Å². The normalized spacial score (nSPS) is 24.8. The maximum atomic E-state index is 13.0. The minimum absolute atomic E-state index is 0.107. The van der Waals surface area contributed by atoms with Crippen molar-refractivity contribution in [2.75, 3.05) is 49.1 Å². The van der Waals surface area contributed by atoms with Crippen molar-refractivity contribution in [2.45, 2.75) is 57.7 Å². The van der Waals surface area contributed by atoms with Crippen LogP contribution in [-0.4, -0.2) is 72.8 Å². The van der Waals surface area contributed by atoms with E-state index >= 15 is 0 Å². The number of anilines is 2. The van der Waals surface area contributed by atoms with Crippen LogP contribution in [0, 0.1) is 5.41 Å². The van der Waals surface area contributed by atoms with Gasteiger partial charge in [0.25, 0.3) is 5.91 Å². The number of hydrogen-bond acceptors (Lipinski definition) is 6. The third kappa shape index (κ3) is 4.58. The summed E-state index contributed by atoms with van der Waals surface area (Å²) in [5.74, 6) is -0.723. The topological polar surface area (TPSA) is 76.2 Å². The van der Waals surface area contributed by atoms with Crippen LogP contribution in [0.15, 0.2) is 42.5 Å². The Morgan fingerprint density at radius 3 is 2.28 bits per heavy atom. The minimum Gasteiger partial charge on any atom is -0.372 e. The van der Waals surface area contributed by atoms with Gasteiger partial charge in [-0.2, -0.15) is 0 Å². The van der Waals surface area contributed by atoms with Crippen molar-refractivity contribution in [3.05, 3.63) is 59.2 Å². The highest BCUT2D eigenvalue weighted by atomic mass is 16.2. The van der Waals surface area contributed by atoms with Crippen LogP contribution >= 0.6 is 0 Å².